The summed E-state index contributed by atoms with van der Waals surface area (Å²) in [4.78, 5) is 22.6. The van der Waals surface area contributed by atoms with Gasteiger partial charge in [0.2, 0.25) is 0 Å². The van der Waals surface area contributed by atoms with Crippen molar-refractivity contribution in [1.29, 1.82) is 0 Å². The molecule has 1 aromatic carbocycles. The molecule has 110 valence electrons. The first-order valence-corrected chi connectivity index (χ1v) is 6.29. The van der Waals surface area contributed by atoms with Crippen LogP contribution in [0.4, 0.5) is 0 Å². The zero-order chi connectivity index (χ0) is 15.1. The molecule has 0 aliphatic carbocycles. The van der Waals surface area contributed by atoms with E-state index in [1.54, 1.807) is 6.92 Å². The third-order valence-corrected chi connectivity index (χ3v) is 2.79. The van der Waals surface area contributed by atoms with Crippen LogP contribution in [0.25, 0.3) is 0 Å². The molecule has 0 saturated carbocycles. The summed E-state index contributed by atoms with van der Waals surface area (Å²) in [6.07, 6.45) is -0.755. The Hall–Kier alpha value is -1.79. The van der Waals surface area contributed by atoms with E-state index in [1.807, 2.05) is 0 Å². The Labute approximate surface area is 121 Å². The molecule has 6 nitrogen and oxygen atoms in total. The number of hydrogen-bond donors (Lipinski definition) is 2. The molecule has 0 fully saturated rings. The summed E-state index contributed by atoms with van der Waals surface area (Å²) in [6.45, 7) is 2.35. The van der Waals surface area contributed by atoms with E-state index in [4.69, 9.17) is 26.2 Å². The quantitative estimate of drug-likeness (QED) is 0.747. The van der Waals surface area contributed by atoms with Gasteiger partial charge in [-0.15, -0.1) is 0 Å². The van der Waals surface area contributed by atoms with Crippen molar-refractivity contribution in [2.75, 3.05) is 20.3 Å². The normalized spacial score (nSPS) is 11.8. The molecule has 1 amide bonds. The lowest BCUT2D eigenvalue weighted by Crippen LogP contribution is -2.37. The first-order valence-electron chi connectivity index (χ1n) is 5.92. The Bertz CT molecular complexity index is 492. The molecule has 0 aromatic heterocycles. The molecule has 0 radical (unpaired) electrons. The van der Waals surface area contributed by atoms with Crippen LogP contribution in [-0.4, -0.2) is 43.3 Å². The minimum Gasteiger partial charge on any atom is -0.481 e. The second-order valence-electron chi connectivity index (χ2n) is 3.99. The van der Waals surface area contributed by atoms with Crippen LogP contribution >= 0.6 is 11.6 Å². The predicted octanol–water partition coefficient (Wildman–Crippen LogP) is 1.57. The number of methoxy groups -OCH3 is 1. The van der Waals surface area contributed by atoms with Gasteiger partial charge in [-0.2, -0.15) is 0 Å². The van der Waals surface area contributed by atoms with Crippen LogP contribution < -0.4 is 10.1 Å². The molecule has 0 saturated heterocycles. The maximum absolute atomic E-state index is 11.7. The van der Waals surface area contributed by atoms with E-state index in [9.17, 15) is 9.59 Å². The van der Waals surface area contributed by atoms with E-state index in [1.165, 1.54) is 25.3 Å². The van der Waals surface area contributed by atoms with Crippen molar-refractivity contribution in [3.63, 3.8) is 0 Å². The van der Waals surface area contributed by atoms with Gasteiger partial charge in [-0.3, -0.25) is 4.79 Å². The first-order chi connectivity index (χ1) is 9.45. The highest BCUT2D eigenvalue weighted by Gasteiger charge is 2.16. The molecule has 0 heterocycles. The third-order valence-electron chi connectivity index (χ3n) is 2.46. The summed E-state index contributed by atoms with van der Waals surface area (Å²) in [7, 11) is 1.53. The maximum Gasteiger partial charge on any atom is 0.337 e. The van der Waals surface area contributed by atoms with Crippen molar-refractivity contribution in [3.8, 4) is 5.75 Å². The number of halogens is 1. The average Bonchev–Trinajstić information content (AvgIpc) is 2.40. The molecule has 0 aliphatic heterocycles. The van der Waals surface area contributed by atoms with Gasteiger partial charge >= 0.3 is 5.97 Å². The van der Waals surface area contributed by atoms with Gasteiger partial charge in [0.25, 0.3) is 5.91 Å². The molecule has 0 spiro atoms. The number of nitrogens with one attached hydrogen (secondary N) is 1. The van der Waals surface area contributed by atoms with Crippen LogP contribution in [0.1, 0.15) is 17.3 Å². The van der Waals surface area contributed by atoms with Gasteiger partial charge in [-0.05, 0) is 25.1 Å². The Morgan fingerprint density at radius 2 is 2.15 bits per heavy atom. The second-order valence-corrected chi connectivity index (χ2v) is 4.40. The molecular formula is C13H16ClNO5. The highest BCUT2D eigenvalue weighted by molar-refractivity contribution is 6.33. The molecular weight excluding hydrogens is 286 g/mol. The molecule has 2 N–H and O–H groups in total. The number of carboxylic acids is 1. The van der Waals surface area contributed by atoms with Crippen molar-refractivity contribution in [2.24, 2.45) is 0 Å². The SMILES string of the molecule is COCCNC(=O)C(C)Oc1ccc(Cl)c(C(=O)O)c1. The maximum atomic E-state index is 11.7. The highest BCUT2D eigenvalue weighted by Crippen LogP contribution is 2.22. The number of carbonyl (C=O) groups excluding carboxylic acids is 1. The topological polar surface area (TPSA) is 84.9 Å². The lowest BCUT2D eigenvalue weighted by Gasteiger charge is -2.15. The monoisotopic (exact) mass is 301 g/mol. The number of ether oxygens (including phenoxy) is 2. The van der Waals surface area contributed by atoms with Crippen LogP contribution in [-0.2, 0) is 9.53 Å². The van der Waals surface area contributed by atoms with Gasteiger partial charge in [0.05, 0.1) is 17.2 Å². The summed E-state index contributed by atoms with van der Waals surface area (Å²) in [6, 6.07) is 4.20. The highest BCUT2D eigenvalue weighted by atomic mass is 35.5. The van der Waals surface area contributed by atoms with Crippen LogP contribution in [0.5, 0.6) is 5.75 Å². The van der Waals surface area contributed by atoms with E-state index in [0.29, 0.717) is 13.2 Å². The molecule has 1 unspecified atom stereocenters. The molecule has 1 rings (SSSR count). The summed E-state index contributed by atoms with van der Waals surface area (Å²) >= 11 is 5.75. The fourth-order valence-electron chi connectivity index (χ4n) is 1.42. The van der Waals surface area contributed by atoms with Crippen molar-refractivity contribution >= 4 is 23.5 Å². The van der Waals surface area contributed by atoms with Gasteiger partial charge in [0.15, 0.2) is 6.10 Å². The van der Waals surface area contributed by atoms with E-state index in [0.717, 1.165) is 0 Å². The number of aromatic carboxylic acids is 1. The van der Waals surface area contributed by atoms with Crippen LogP contribution in [0.2, 0.25) is 5.02 Å². The van der Waals surface area contributed by atoms with Gasteiger partial charge in [-0.25, -0.2) is 4.79 Å². The van der Waals surface area contributed by atoms with Crippen molar-refractivity contribution in [3.05, 3.63) is 28.8 Å². The van der Waals surface area contributed by atoms with E-state index in [2.05, 4.69) is 5.32 Å². The van der Waals surface area contributed by atoms with Crippen molar-refractivity contribution in [2.45, 2.75) is 13.0 Å². The van der Waals surface area contributed by atoms with Crippen molar-refractivity contribution < 1.29 is 24.2 Å². The summed E-state index contributed by atoms with van der Waals surface area (Å²) in [5.74, 6) is -1.20. The summed E-state index contributed by atoms with van der Waals surface area (Å²) < 4.78 is 10.2. The molecule has 1 atom stereocenters. The van der Waals surface area contributed by atoms with Crippen LogP contribution in [0.15, 0.2) is 18.2 Å². The lowest BCUT2D eigenvalue weighted by atomic mass is 10.2. The lowest BCUT2D eigenvalue weighted by molar-refractivity contribution is -0.127. The van der Waals surface area contributed by atoms with Gasteiger partial charge < -0.3 is 19.9 Å². The Balaban J connectivity index is 2.66. The molecule has 7 heteroatoms. The van der Waals surface area contributed by atoms with Crippen molar-refractivity contribution in [1.82, 2.24) is 5.32 Å². The van der Waals surface area contributed by atoms with E-state index in [-0.39, 0.29) is 22.2 Å². The summed E-state index contributed by atoms with van der Waals surface area (Å²) in [5.41, 5.74) is -0.0730. The number of carbonyl (C=O) groups is 2. The minimum atomic E-state index is -1.15. The fourth-order valence-corrected chi connectivity index (χ4v) is 1.62. The number of benzene rings is 1. The molecule has 0 aliphatic rings. The minimum absolute atomic E-state index is 0.0730. The zero-order valence-corrected chi connectivity index (χ0v) is 11.9. The summed E-state index contributed by atoms with van der Waals surface area (Å²) in [5, 5.41) is 11.7. The molecule has 0 bridgehead atoms. The van der Waals surface area contributed by atoms with Gasteiger partial charge in [-0.1, -0.05) is 11.6 Å². The van der Waals surface area contributed by atoms with Crippen LogP contribution in [0, 0.1) is 0 Å². The molecule has 20 heavy (non-hydrogen) atoms. The third kappa shape index (κ3) is 4.71. The number of hydrogen-bond acceptors (Lipinski definition) is 4. The van der Waals surface area contributed by atoms with Crippen LogP contribution in [0.3, 0.4) is 0 Å². The fraction of sp³-hybridized carbons (Fsp3) is 0.385. The molecule has 1 aromatic rings. The second kappa shape index (κ2) is 7.72. The smallest absolute Gasteiger partial charge is 0.337 e. The first kappa shape index (κ1) is 16.3. The Morgan fingerprint density at radius 1 is 1.45 bits per heavy atom. The van der Waals surface area contributed by atoms with E-state index >= 15 is 0 Å². The standard InChI is InChI=1S/C13H16ClNO5/c1-8(12(16)15-5-6-19-2)20-9-3-4-11(14)10(7-9)13(17)18/h3-4,7-8H,5-6H2,1-2H3,(H,15,16)(H,17,18). The van der Waals surface area contributed by atoms with Gasteiger partial charge in [0.1, 0.15) is 5.75 Å². The zero-order valence-electron chi connectivity index (χ0n) is 11.2. The number of rotatable bonds is 7. The Kier molecular flexibility index (Phi) is 6.27. The van der Waals surface area contributed by atoms with E-state index < -0.39 is 12.1 Å². The average molecular weight is 302 g/mol. The van der Waals surface area contributed by atoms with Gasteiger partial charge in [0, 0.05) is 13.7 Å². The number of carboxylic acid groups (broad SMARTS) is 1. The predicted molar refractivity (Wildman–Crippen MR) is 73.4 cm³/mol. The number of amides is 1. The largest absolute Gasteiger partial charge is 0.481 e. The Morgan fingerprint density at radius 3 is 2.75 bits per heavy atom.